The third-order valence-corrected chi connectivity index (χ3v) is 6.43. The summed E-state index contributed by atoms with van der Waals surface area (Å²) >= 11 is 1.60. The predicted molar refractivity (Wildman–Crippen MR) is 115 cm³/mol. The average Bonchev–Trinajstić information content (AvgIpc) is 3.12. The van der Waals surface area contributed by atoms with Gasteiger partial charge < -0.3 is 4.90 Å². The second-order valence-corrected chi connectivity index (χ2v) is 9.22. The van der Waals surface area contributed by atoms with Gasteiger partial charge in [-0.25, -0.2) is 13.4 Å². The molecule has 0 saturated heterocycles. The number of benzene rings is 2. The molecule has 0 amide bonds. The second-order valence-electron chi connectivity index (χ2n) is 6.45. The van der Waals surface area contributed by atoms with Crippen LogP contribution in [0.2, 0.25) is 0 Å². The van der Waals surface area contributed by atoms with Crippen LogP contribution in [-0.2, 0) is 10.0 Å². The van der Waals surface area contributed by atoms with E-state index in [1.54, 1.807) is 11.3 Å². The molecule has 0 bridgehead atoms. The maximum Gasteiger partial charge on any atom is 0.232 e. The molecular formula is C20H23N3O2S2. The highest BCUT2D eigenvalue weighted by Crippen LogP contribution is 2.31. The molecule has 0 aliphatic carbocycles. The fourth-order valence-corrected chi connectivity index (χ4v) is 4.66. The predicted octanol–water partition coefficient (Wildman–Crippen LogP) is 4.33. The number of anilines is 2. The number of aromatic nitrogens is 1. The third kappa shape index (κ3) is 4.31. The fourth-order valence-electron chi connectivity index (χ4n) is 2.85. The lowest BCUT2D eigenvalue weighted by Gasteiger charge is -2.20. The van der Waals surface area contributed by atoms with Crippen LogP contribution in [0.5, 0.6) is 0 Å². The average molecular weight is 402 g/mol. The van der Waals surface area contributed by atoms with Crippen LogP contribution in [0.3, 0.4) is 0 Å². The second kappa shape index (κ2) is 7.70. The highest BCUT2D eigenvalue weighted by Gasteiger charge is 2.15. The highest BCUT2D eigenvalue weighted by atomic mass is 32.2. The first kappa shape index (κ1) is 19.4. The Labute approximate surface area is 165 Å². The van der Waals surface area contributed by atoms with Crippen LogP contribution in [0.4, 0.5) is 11.4 Å². The Morgan fingerprint density at radius 3 is 2.00 bits per heavy atom. The van der Waals surface area contributed by atoms with Gasteiger partial charge in [-0.3, -0.25) is 4.31 Å². The first-order chi connectivity index (χ1) is 12.8. The lowest BCUT2D eigenvalue weighted by Crippen LogP contribution is -2.29. The molecule has 0 aliphatic rings. The Morgan fingerprint density at radius 1 is 0.926 bits per heavy atom. The minimum absolute atomic E-state index is 0.405. The van der Waals surface area contributed by atoms with Crippen molar-refractivity contribution in [3.63, 3.8) is 0 Å². The molecule has 27 heavy (non-hydrogen) atoms. The molecule has 5 nitrogen and oxygen atoms in total. The number of thiazole rings is 1. The summed E-state index contributed by atoms with van der Waals surface area (Å²) in [7, 11) is 0.764. The van der Waals surface area contributed by atoms with Crippen molar-refractivity contribution in [2.24, 2.45) is 0 Å². The third-order valence-electron chi connectivity index (χ3n) is 4.27. The molecule has 3 rings (SSSR count). The number of sulfonamides is 1. The van der Waals surface area contributed by atoms with Gasteiger partial charge in [0.1, 0.15) is 5.01 Å². The van der Waals surface area contributed by atoms with Gasteiger partial charge in [-0.15, -0.1) is 11.3 Å². The molecule has 7 heteroatoms. The van der Waals surface area contributed by atoms with Crippen molar-refractivity contribution in [1.82, 2.24) is 4.98 Å². The smallest absolute Gasteiger partial charge is 0.232 e. The zero-order valence-electron chi connectivity index (χ0n) is 15.9. The van der Waals surface area contributed by atoms with Gasteiger partial charge in [0, 0.05) is 42.8 Å². The van der Waals surface area contributed by atoms with Crippen molar-refractivity contribution in [1.29, 1.82) is 0 Å². The van der Waals surface area contributed by atoms with E-state index in [-0.39, 0.29) is 0 Å². The Hall–Kier alpha value is -2.38. The molecule has 0 unspecified atom stereocenters. The summed E-state index contributed by atoms with van der Waals surface area (Å²) in [5, 5.41) is 2.99. The zero-order chi connectivity index (χ0) is 19.6. The van der Waals surface area contributed by atoms with E-state index in [1.165, 1.54) is 10.6 Å². The van der Waals surface area contributed by atoms with E-state index in [4.69, 9.17) is 4.98 Å². The standard InChI is InChI=1S/C20H23N3O2S2/c1-5-23(27(4,24)25)18-12-6-15(7-13-18)19-14-26-20(21-19)16-8-10-17(11-9-16)22(2)3/h6-14H,5H2,1-4H3. The largest absolute Gasteiger partial charge is 0.378 e. The summed E-state index contributed by atoms with van der Waals surface area (Å²) in [4.78, 5) is 6.81. The SMILES string of the molecule is CCN(c1ccc(-c2csc(-c3ccc(N(C)C)cc3)n2)cc1)S(C)(=O)=O. The molecule has 0 fully saturated rings. The van der Waals surface area contributed by atoms with Crippen molar-refractivity contribution in [2.75, 3.05) is 36.1 Å². The summed E-state index contributed by atoms with van der Waals surface area (Å²) in [6.45, 7) is 2.23. The van der Waals surface area contributed by atoms with Crippen molar-refractivity contribution in [3.05, 3.63) is 53.9 Å². The summed E-state index contributed by atoms with van der Waals surface area (Å²) in [6, 6.07) is 15.8. The van der Waals surface area contributed by atoms with Gasteiger partial charge in [0.05, 0.1) is 17.6 Å². The molecule has 0 aliphatic heterocycles. The van der Waals surface area contributed by atoms with E-state index in [0.29, 0.717) is 12.2 Å². The quantitative estimate of drug-likeness (QED) is 0.617. The van der Waals surface area contributed by atoms with E-state index in [9.17, 15) is 8.42 Å². The van der Waals surface area contributed by atoms with Crippen LogP contribution in [0, 0.1) is 0 Å². The van der Waals surface area contributed by atoms with Crippen molar-refractivity contribution < 1.29 is 8.42 Å². The van der Waals surface area contributed by atoms with E-state index < -0.39 is 10.0 Å². The summed E-state index contributed by atoms with van der Waals surface area (Å²) in [5.41, 5.74) is 4.76. The molecule has 142 valence electrons. The van der Waals surface area contributed by atoms with Crippen molar-refractivity contribution in [3.8, 4) is 21.8 Å². The van der Waals surface area contributed by atoms with Crippen molar-refractivity contribution >= 4 is 32.7 Å². The first-order valence-corrected chi connectivity index (χ1v) is 11.3. The molecule has 0 N–H and O–H groups in total. The topological polar surface area (TPSA) is 53.5 Å². The normalized spacial score (nSPS) is 11.4. The number of hydrogen-bond donors (Lipinski definition) is 0. The van der Waals surface area contributed by atoms with Gasteiger partial charge in [-0.2, -0.15) is 0 Å². The minimum Gasteiger partial charge on any atom is -0.378 e. The number of rotatable bonds is 6. The van der Waals surface area contributed by atoms with Crippen LogP contribution in [0.25, 0.3) is 21.8 Å². The van der Waals surface area contributed by atoms with Crippen LogP contribution in [-0.4, -0.2) is 40.3 Å². The lowest BCUT2D eigenvalue weighted by molar-refractivity contribution is 0.598. The van der Waals surface area contributed by atoms with Crippen LogP contribution in [0.15, 0.2) is 53.9 Å². The van der Waals surface area contributed by atoms with Gasteiger partial charge in [-0.1, -0.05) is 12.1 Å². The zero-order valence-corrected chi connectivity index (χ0v) is 17.5. The maximum absolute atomic E-state index is 11.9. The molecule has 1 aromatic heterocycles. The van der Waals surface area contributed by atoms with E-state index >= 15 is 0 Å². The van der Waals surface area contributed by atoms with Gasteiger partial charge in [0.2, 0.25) is 10.0 Å². The summed E-state index contributed by atoms with van der Waals surface area (Å²) in [5.74, 6) is 0. The van der Waals surface area contributed by atoms with Crippen LogP contribution >= 0.6 is 11.3 Å². The number of nitrogens with zero attached hydrogens (tertiary/aromatic N) is 3. The molecular weight excluding hydrogens is 378 g/mol. The monoisotopic (exact) mass is 401 g/mol. The molecule has 0 saturated carbocycles. The first-order valence-electron chi connectivity index (χ1n) is 8.61. The van der Waals surface area contributed by atoms with Gasteiger partial charge in [0.15, 0.2) is 0 Å². The Bertz CT molecular complexity index is 1010. The lowest BCUT2D eigenvalue weighted by atomic mass is 10.1. The van der Waals surface area contributed by atoms with E-state index in [1.807, 2.05) is 50.7 Å². The molecule has 1 heterocycles. The van der Waals surface area contributed by atoms with Crippen LogP contribution < -0.4 is 9.21 Å². The van der Waals surface area contributed by atoms with E-state index in [2.05, 4.69) is 29.2 Å². The Kier molecular flexibility index (Phi) is 5.53. The van der Waals surface area contributed by atoms with E-state index in [0.717, 1.165) is 27.5 Å². The van der Waals surface area contributed by atoms with Gasteiger partial charge in [0.25, 0.3) is 0 Å². The molecule has 0 atom stereocenters. The highest BCUT2D eigenvalue weighted by molar-refractivity contribution is 7.92. The van der Waals surface area contributed by atoms with Gasteiger partial charge >= 0.3 is 0 Å². The minimum atomic E-state index is -3.27. The molecule has 2 aromatic carbocycles. The maximum atomic E-state index is 11.9. The Balaban J connectivity index is 1.84. The Morgan fingerprint density at radius 2 is 1.48 bits per heavy atom. The van der Waals surface area contributed by atoms with Gasteiger partial charge in [-0.05, 0) is 43.3 Å². The molecule has 0 radical (unpaired) electrons. The summed E-state index contributed by atoms with van der Waals surface area (Å²) < 4.78 is 25.1. The summed E-state index contributed by atoms with van der Waals surface area (Å²) in [6.07, 6.45) is 1.22. The number of hydrogen-bond acceptors (Lipinski definition) is 5. The molecule has 0 spiro atoms. The molecule has 3 aromatic rings. The van der Waals surface area contributed by atoms with Crippen LogP contribution in [0.1, 0.15) is 6.92 Å². The van der Waals surface area contributed by atoms with Crippen molar-refractivity contribution in [2.45, 2.75) is 6.92 Å². The fraction of sp³-hybridized carbons (Fsp3) is 0.250.